The Bertz CT molecular complexity index is 279. The average Bonchev–Trinajstić information content (AvgIpc) is 2.29. The lowest BCUT2D eigenvalue weighted by atomic mass is 9.64. The Hall–Kier alpha value is -0.120. The van der Waals surface area contributed by atoms with Gasteiger partial charge in [-0.15, -0.1) is 0 Å². The van der Waals surface area contributed by atoms with E-state index in [0.29, 0.717) is 12.1 Å². The lowest BCUT2D eigenvalue weighted by Crippen LogP contribution is -2.63. The summed E-state index contributed by atoms with van der Waals surface area (Å²) in [5.74, 6) is 0. The molecule has 3 nitrogen and oxygen atoms in total. The fourth-order valence-corrected chi connectivity index (χ4v) is 2.99. The monoisotopic (exact) mass is 241 g/mol. The third-order valence-electron chi connectivity index (χ3n) is 5.00. The Labute approximate surface area is 105 Å². The summed E-state index contributed by atoms with van der Waals surface area (Å²) < 4.78 is 5.86. The molecule has 2 aliphatic rings. The van der Waals surface area contributed by atoms with Gasteiger partial charge in [-0.1, -0.05) is 20.8 Å². The maximum absolute atomic E-state index is 9.76. The highest BCUT2D eigenvalue weighted by atomic mass is 16.5. The van der Waals surface area contributed by atoms with Crippen molar-refractivity contribution < 1.29 is 9.84 Å². The summed E-state index contributed by atoms with van der Waals surface area (Å²) in [6.45, 7) is 9.56. The van der Waals surface area contributed by atoms with Gasteiger partial charge in [-0.05, 0) is 32.6 Å². The van der Waals surface area contributed by atoms with Crippen LogP contribution in [0.5, 0.6) is 0 Å². The third kappa shape index (κ3) is 2.51. The van der Waals surface area contributed by atoms with Crippen molar-refractivity contribution in [1.82, 2.24) is 5.32 Å². The van der Waals surface area contributed by atoms with Crippen molar-refractivity contribution in [2.75, 3.05) is 6.61 Å². The van der Waals surface area contributed by atoms with Crippen LogP contribution in [0.25, 0.3) is 0 Å². The molecule has 0 amide bonds. The molecular formula is C14H27NO2. The molecule has 100 valence electrons. The molecule has 0 aromatic carbocycles. The van der Waals surface area contributed by atoms with Crippen molar-refractivity contribution in [3.8, 4) is 0 Å². The van der Waals surface area contributed by atoms with Crippen LogP contribution < -0.4 is 5.32 Å². The Kier molecular flexibility index (Phi) is 3.54. The normalized spacial score (nSPS) is 45.4. The lowest BCUT2D eigenvalue weighted by molar-refractivity contribution is -0.103. The van der Waals surface area contributed by atoms with Gasteiger partial charge >= 0.3 is 0 Å². The van der Waals surface area contributed by atoms with Crippen LogP contribution in [0, 0.1) is 5.41 Å². The fraction of sp³-hybridized carbons (Fsp3) is 1.00. The fourth-order valence-electron chi connectivity index (χ4n) is 2.99. The van der Waals surface area contributed by atoms with Crippen LogP contribution in [0.15, 0.2) is 0 Å². The van der Waals surface area contributed by atoms with Gasteiger partial charge in [0.15, 0.2) is 0 Å². The second-order valence-corrected chi connectivity index (χ2v) is 6.63. The van der Waals surface area contributed by atoms with Crippen molar-refractivity contribution in [2.24, 2.45) is 5.41 Å². The van der Waals surface area contributed by atoms with Crippen molar-refractivity contribution in [3.63, 3.8) is 0 Å². The van der Waals surface area contributed by atoms with Gasteiger partial charge in [0.2, 0.25) is 0 Å². The number of hydrogen-bond acceptors (Lipinski definition) is 3. The van der Waals surface area contributed by atoms with Gasteiger partial charge in [-0.2, -0.15) is 0 Å². The van der Waals surface area contributed by atoms with E-state index in [0.717, 1.165) is 32.3 Å². The van der Waals surface area contributed by atoms with Gasteiger partial charge in [-0.3, -0.25) is 0 Å². The Morgan fingerprint density at radius 1 is 1.35 bits per heavy atom. The van der Waals surface area contributed by atoms with E-state index in [1.54, 1.807) is 0 Å². The highest BCUT2D eigenvalue weighted by molar-refractivity contribution is 5.03. The Morgan fingerprint density at radius 2 is 2.06 bits per heavy atom. The minimum atomic E-state index is -0.141. The second-order valence-electron chi connectivity index (χ2n) is 6.63. The molecule has 0 spiro atoms. The van der Waals surface area contributed by atoms with Gasteiger partial charge in [0, 0.05) is 24.1 Å². The first-order valence-corrected chi connectivity index (χ1v) is 6.95. The van der Waals surface area contributed by atoms with E-state index in [2.05, 4.69) is 33.0 Å². The lowest BCUT2D eigenvalue weighted by Gasteiger charge is -2.52. The van der Waals surface area contributed by atoms with E-state index < -0.39 is 0 Å². The largest absolute Gasteiger partial charge is 0.392 e. The number of hydrogen-bond donors (Lipinski definition) is 2. The van der Waals surface area contributed by atoms with E-state index in [1.165, 1.54) is 0 Å². The highest BCUT2D eigenvalue weighted by Gasteiger charge is 2.48. The summed E-state index contributed by atoms with van der Waals surface area (Å²) in [5.41, 5.74) is 0.0728. The number of nitrogens with one attached hydrogen (secondary N) is 1. The standard InChI is InChI=1S/C14H27NO2/c1-5-14(4)9-10(6-7-17-14)15-11-8-12(16)13(11,2)3/h10-12,15-16H,5-9H2,1-4H3. The summed E-state index contributed by atoms with van der Waals surface area (Å²) in [4.78, 5) is 0. The molecule has 2 fully saturated rings. The summed E-state index contributed by atoms with van der Waals surface area (Å²) in [7, 11) is 0. The topological polar surface area (TPSA) is 41.5 Å². The molecule has 1 aliphatic carbocycles. The Morgan fingerprint density at radius 3 is 2.59 bits per heavy atom. The number of ether oxygens (including phenoxy) is 1. The van der Waals surface area contributed by atoms with Crippen LogP contribution >= 0.6 is 0 Å². The van der Waals surface area contributed by atoms with Crippen LogP contribution in [-0.4, -0.2) is 35.5 Å². The maximum atomic E-state index is 9.76. The molecular weight excluding hydrogens is 214 g/mol. The SMILES string of the molecule is CCC1(C)CC(NC2CC(O)C2(C)C)CCO1. The highest BCUT2D eigenvalue weighted by Crippen LogP contribution is 2.41. The summed E-state index contributed by atoms with van der Waals surface area (Å²) in [5, 5.41) is 13.5. The first kappa shape index (κ1) is 13.3. The maximum Gasteiger partial charge on any atom is 0.0666 e. The van der Waals surface area contributed by atoms with Gasteiger partial charge < -0.3 is 15.2 Å². The Balaban J connectivity index is 1.88. The number of aliphatic hydroxyl groups excluding tert-OH is 1. The molecule has 2 rings (SSSR count). The van der Waals surface area contributed by atoms with Crippen LogP contribution in [0.1, 0.15) is 53.4 Å². The minimum Gasteiger partial charge on any atom is -0.392 e. The van der Waals surface area contributed by atoms with Crippen LogP contribution in [-0.2, 0) is 4.74 Å². The van der Waals surface area contributed by atoms with E-state index in [-0.39, 0.29) is 17.1 Å². The van der Waals surface area contributed by atoms with E-state index >= 15 is 0 Å². The molecule has 0 aromatic rings. The third-order valence-corrected chi connectivity index (χ3v) is 5.00. The van der Waals surface area contributed by atoms with Gasteiger partial charge in [0.25, 0.3) is 0 Å². The molecule has 0 bridgehead atoms. The molecule has 1 saturated carbocycles. The summed E-state index contributed by atoms with van der Waals surface area (Å²) in [6, 6.07) is 1.01. The molecule has 4 unspecified atom stereocenters. The molecule has 3 heteroatoms. The molecule has 0 radical (unpaired) electrons. The zero-order chi connectivity index (χ0) is 12.7. The molecule has 1 aliphatic heterocycles. The summed E-state index contributed by atoms with van der Waals surface area (Å²) >= 11 is 0. The van der Waals surface area contributed by atoms with Crippen molar-refractivity contribution in [3.05, 3.63) is 0 Å². The second kappa shape index (κ2) is 4.52. The predicted octanol–water partition coefficient (Wildman–Crippen LogP) is 2.08. The van der Waals surface area contributed by atoms with E-state index in [4.69, 9.17) is 4.74 Å². The van der Waals surface area contributed by atoms with E-state index in [9.17, 15) is 5.11 Å². The minimum absolute atomic E-state index is 0.0287. The smallest absolute Gasteiger partial charge is 0.0666 e. The van der Waals surface area contributed by atoms with Gasteiger partial charge in [-0.25, -0.2) is 0 Å². The van der Waals surface area contributed by atoms with E-state index in [1.807, 2.05) is 0 Å². The molecule has 1 saturated heterocycles. The first-order chi connectivity index (χ1) is 7.87. The van der Waals surface area contributed by atoms with Crippen molar-refractivity contribution >= 4 is 0 Å². The van der Waals surface area contributed by atoms with Crippen LogP contribution in [0.2, 0.25) is 0 Å². The molecule has 1 heterocycles. The van der Waals surface area contributed by atoms with Crippen molar-refractivity contribution in [1.29, 1.82) is 0 Å². The summed E-state index contributed by atoms with van der Waals surface area (Å²) in [6.07, 6.45) is 4.01. The molecule has 0 aromatic heterocycles. The zero-order valence-corrected chi connectivity index (χ0v) is 11.6. The molecule has 2 N–H and O–H groups in total. The quantitative estimate of drug-likeness (QED) is 0.795. The molecule has 4 atom stereocenters. The molecule has 17 heavy (non-hydrogen) atoms. The average molecular weight is 241 g/mol. The zero-order valence-electron chi connectivity index (χ0n) is 11.6. The number of rotatable bonds is 3. The van der Waals surface area contributed by atoms with Crippen LogP contribution in [0.4, 0.5) is 0 Å². The number of aliphatic hydroxyl groups is 1. The van der Waals surface area contributed by atoms with Crippen molar-refractivity contribution in [2.45, 2.75) is 77.2 Å². The predicted molar refractivity (Wildman–Crippen MR) is 69.0 cm³/mol. The first-order valence-electron chi connectivity index (χ1n) is 6.95. The van der Waals surface area contributed by atoms with Crippen LogP contribution in [0.3, 0.4) is 0 Å². The van der Waals surface area contributed by atoms with Gasteiger partial charge in [0.05, 0.1) is 11.7 Å². The van der Waals surface area contributed by atoms with Gasteiger partial charge in [0.1, 0.15) is 0 Å².